The lowest BCUT2D eigenvalue weighted by atomic mass is 9.74. The number of carbonyl (C=O) groups is 2. The van der Waals surface area contributed by atoms with Crippen molar-refractivity contribution < 1.29 is 35.9 Å². The first-order chi connectivity index (χ1) is 22.1. The van der Waals surface area contributed by atoms with Crippen LogP contribution in [0.15, 0.2) is 48.5 Å². The van der Waals surface area contributed by atoms with E-state index in [-0.39, 0.29) is 13.1 Å². The topological polar surface area (TPSA) is 40.6 Å². The minimum Gasteiger partial charge on any atom is -0.324 e. The Labute approximate surface area is 292 Å². The minimum absolute atomic E-state index is 0.177. The number of hydrogen-bond donors (Lipinski definition) is 0. The molecule has 2 fully saturated rings. The third-order valence-corrected chi connectivity index (χ3v) is 14.8. The smallest absolute Gasteiger partial charge is 0.324 e. The van der Waals surface area contributed by atoms with Crippen LogP contribution in [0.4, 0.5) is 26.3 Å². The third kappa shape index (κ3) is 7.99. The zero-order valence-electron chi connectivity index (χ0n) is 25.8. The van der Waals surface area contributed by atoms with E-state index < -0.39 is 45.7 Å². The van der Waals surface area contributed by atoms with E-state index in [1.807, 2.05) is 0 Å². The molecular weight excluding hydrogens is 725 g/mol. The number of amides is 2. The van der Waals surface area contributed by atoms with Gasteiger partial charge in [-0.25, -0.2) is 0 Å². The molecule has 2 saturated carbocycles. The highest BCUT2D eigenvalue weighted by Gasteiger charge is 2.56. The summed E-state index contributed by atoms with van der Waals surface area (Å²) < 4.78 is 84.0. The highest BCUT2D eigenvalue weighted by atomic mass is 35.5. The van der Waals surface area contributed by atoms with Gasteiger partial charge in [-0.15, -0.1) is 0 Å². The SMILES string of the molecule is CCN(C(=O)C(F)(F)F)C1(c2ccc(Cl)cc2)CCCCC1SSSC1CCCCC1(c1ccc(Cl)cc1)N(CC)C(=O)C(F)(F)F. The summed E-state index contributed by atoms with van der Waals surface area (Å²) >= 11 is 12.3. The fraction of sp³-hybridized carbons (Fsp3) is 0.562. The van der Waals surface area contributed by atoms with Crippen LogP contribution in [-0.2, 0) is 20.7 Å². The molecule has 15 heteroatoms. The maximum atomic E-state index is 14.0. The summed E-state index contributed by atoms with van der Waals surface area (Å²) in [6, 6.07) is 13.1. The molecule has 0 radical (unpaired) electrons. The van der Waals surface area contributed by atoms with Gasteiger partial charge in [-0.1, -0.05) is 94.7 Å². The van der Waals surface area contributed by atoms with E-state index in [4.69, 9.17) is 23.2 Å². The molecule has 4 unspecified atom stereocenters. The summed E-state index contributed by atoms with van der Waals surface area (Å²) in [4.78, 5) is 27.7. The van der Waals surface area contributed by atoms with E-state index in [1.165, 1.54) is 45.3 Å². The van der Waals surface area contributed by atoms with Crippen LogP contribution in [0.2, 0.25) is 10.0 Å². The average Bonchev–Trinajstić information content (AvgIpc) is 3.02. The fourth-order valence-corrected chi connectivity index (χ4v) is 13.7. The lowest BCUT2D eigenvalue weighted by molar-refractivity contribution is -0.193. The Morgan fingerprint density at radius 3 is 1.32 bits per heavy atom. The van der Waals surface area contributed by atoms with Crippen LogP contribution in [0.1, 0.15) is 76.3 Å². The van der Waals surface area contributed by atoms with Crippen LogP contribution in [0, 0.1) is 0 Å². The lowest BCUT2D eigenvalue weighted by Gasteiger charge is -2.52. The van der Waals surface area contributed by atoms with Crippen molar-refractivity contribution in [3.63, 3.8) is 0 Å². The number of rotatable bonds is 10. The quantitative estimate of drug-likeness (QED) is 0.178. The van der Waals surface area contributed by atoms with E-state index in [0.717, 1.165) is 22.6 Å². The van der Waals surface area contributed by atoms with Crippen molar-refractivity contribution in [3.05, 3.63) is 69.7 Å². The standard InChI is InChI=1S/C32H36Cl2F6N2O2S3/c1-3-41(27(43)31(35,36)37)29(21-11-15-23(33)16-12-21)19-7-5-9-25(29)45-47-46-26-10-6-8-20-30(26,22-13-17-24(34)18-14-22)42(4-2)28(44)32(38,39)40/h11-18,25-26H,3-10,19-20H2,1-2H3. The Hall–Kier alpha value is -1.41. The van der Waals surface area contributed by atoms with E-state index in [9.17, 15) is 35.9 Å². The summed E-state index contributed by atoms with van der Waals surface area (Å²) in [7, 11) is 3.98. The van der Waals surface area contributed by atoms with Gasteiger partial charge in [0, 0.05) is 33.6 Å². The second kappa shape index (κ2) is 15.6. The molecule has 2 aliphatic carbocycles. The molecule has 47 heavy (non-hydrogen) atoms. The molecule has 0 heterocycles. The third-order valence-electron chi connectivity index (χ3n) is 9.18. The molecule has 0 aliphatic heterocycles. The average molecular weight is 762 g/mol. The molecule has 2 aliphatic rings. The van der Waals surface area contributed by atoms with Crippen LogP contribution in [0.5, 0.6) is 0 Å². The zero-order valence-corrected chi connectivity index (χ0v) is 29.8. The number of alkyl halides is 6. The lowest BCUT2D eigenvalue weighted by Crippen LogP contribution is -2.59. The van der Waals surface area contributed by atoms with Crippen LogP contribution < -0.4 is 0 Å². The van der Waals surface area contributed by atoms with E-state index >= 15 is 0 Å². The van der Waals surface area contributed by atoms with Gasteiger partial charge in [-0.2, -0.15) is 26.3 Å². The van der Waals surface area contributed by atoms with E-state index in [0.29, 0.717) is 59.7 Å². The molecule has 2 aromatic rings. The normalized spacial score (nSPS) is 25.3. The summed E-state index contributed by atoms with van der Waals surface area (Å²) in [5.41, 5.74) is -1.51. The molecule has 0 bridgehead atoms. The van der Waals surface area contributed by atoms with Crippen LogP contribution in [0.3, 0.4) is 0 Å². The van der Waals surface area contributed by atoms with Gasteiger partial charge in [-0.05, 0) is 84.7 Å². The number of carbonyl (C=O) groups excluding carboxylic acids is 2. The van der Waals surface area contributed by atoms with Crippen molar-refractivity contribution in [2.75, 3.05) is 13.1 Å². The number of hydrogen-bond acceptors (Lipinski definition) is 5. The van der Waals surface area contributed by atoms with E-state index in [1.54, 1.807) is 48.5 Å². The first-order valence-electron chi connectivity index (χ1n) is 15.4. The van der Waals surface area contributed by atoms with E-state index in [2.05, 4.69) is 0 Å². The van der Waals surface area contributed by atoms with Crippen LogP contribution in [-0.4, -0.2) is 57.6 Å². The largest absolute Gasteiger partial charge is 0.471 e. The number of halogens is 8. The summed E-state index contributed by atoms with van der Waals surface area (Å²) in [5, 5.41) is -0.143. The monoisotopic (exact) mass is 760 g/mol. The maximum Gasteiger partial charge on any atom is 0.471 e. The molecule has 0 N–H and O–H groups in total. The molecule has 2 amide bonds. The Morgan fingerprint density at radius 1 is 0.681 bits per heavy atom. The first-order valence-corrected chi connectivity index (χ1v) is 19.8. The summed E-state index contributed by atoms with van der Waals surface area (Å²) in [5.74, 6) is -3.84. The molecule has 260 valence electrons. The van der Waals surface area contributed by atoms with Gasteiger partial charge in [0.15, 0.2) is 0 Å². The second-order valence-electron chi connectivity index (χ2n) is 11.7. The highest BCUT2D eigenvalue weighted by Crippen LogP contribution is 2.58. The minimum atomic E-state index is -5.08. The molecule has 0 saturated heterocycles. The molecule has 0 aromatic heterocycles. The van der Waals surface area contributed by atoms with Crippen molar-refractivity contribution in [1.29, 1.82) is 0 Å². The molecule has 4 nitrogen and oxygen atoms in total. The fourth-order valence-electron chi connectivity index (χ4n) is 7.21. The van der Waals surface area contributed by atoms with Gasteiger partial charge in [0.2, 0.25) is 0 Å². The summed E-state index contributed by atoms with van der Waals surface area (Å²) in [6.45, 7) is 2.70. The molecule has 4 atom stereocenters. The highest BCUT2D eigenvalue weighted by molar-refractivity contribution is 9.09. The van der Waals surface area contributed by atoms with Crippen molar-refractivity contribution >= 4 is 66.4 Å². The molecule has 4 rings (SSSR count). The predicted molar refractivity (Wildman–Crippen MR) is 180 cm³/mol. The van der Waals surface area contributed by atoms with Crippen LogP contribution in [0.25, 0.3) is 0 Å². The van der Waals surface area contributed by atoms with Crippen molar-refractivity contribution in [3.8, 4) is 0 Å². The number of benzene rings is 2. The molecule has 2 aromatic carbocycles. The Morgan fingerprint density at radius 2 is 1.02 bits per heavy atom. The van der Waals surface area contributed by atoms with Crippen molar-refractivity contribution in [2.45, 2.75) is 99.1 Å². The molecular formula is C32H36Cl2F6N2O2S3. The van der Waals surface area contributed by atoms with Gasteiger partial charge in [-0.3, -0.25) is 9.59 Å². The Kier molecular flexibility index (Phi) is 12.8. The predicted octanol–water partition coefficient (Wildman–Crippen LogP) is 10.8. The van der Waals surface area contributed by atoms with Crippen LogP contribution >= 0.6 is 54.6 Å². The molecule has 0 spiro atoms. The second-order valence-corrected chi connectivity index (χ2v) is 17.0. The van der Waals surface area contributed by atoms with Gasteiger partial charge < -0.3 is 9.80 Å². The van der Waals surface area contributed by atoms with Crippen molar-refractivity contribution in [1.82, 2.24) is 9.80 Å². The Balaban J connectivity index is 1.72. The maximum absolute atomic E-state index is 14.0. The van der Waals surface area contributed by atoms with Gasteiger partial charge in [0.1, 0.15) is 0 Å². The van der Waals surface area contributed by atoms with Crippen molar-refractivity contribution in [2.24, 2.45) is 0 Å². The zero-order chi connectivity index (χ0) is 34.6. The summed E-state index contributed by atoms with van der Waals surface area (Å²) in [6.07, 6.45) is -5.86. The van der Waals surface area contributed by atoms with Gasteiger partial charge >= 0.3 is 24.2 Å². The van der Waals surface area contributed by atoms with Gasteiger partial charge in [0.25, 0.3) is 0 Å². The van der Waals surface area contributed by atoms with Gasteiger partial charge in [0.05, 0.1) is 11.1 Å². The number of nitrogens with zero attached hydrogens (tertiary/aromatic N) is 2. The first kappa shape index (κ1) is 38.4. The Bertz CT molecular complexity index is 1280.